The quantitative estimate of drug-likeness (QED) is 0.390. The standard InChI is InChI=1S/C22H26BrN3O4S/c1-13(2)11-29-19-9-8-16(10-17(19)23)21(28)24-22(31)26-25-20(27)12-30-18-7-5-6-14(3)15(18)4/h5-10,13H,11-12H2,1-4H3,(H,25,27)(H2,24,26,28,31). The first-order valence-corrected chi connectivity index (χ1v) is 10.9. The lowest BCUT2D eigenvalue weighted by Gasteiger charge is -2.14. The molecule has 0 saturated carbocycles. The maximum absolute atomic E-state index is 12.4. The number of ether oxygens (including phenoxy) is 2. The van der Waals surface area contributed by atoms with Gasteiger partial charge in [0.15, 0.2) is 11.7 Å². The predicted octanol–water partition coefficient (Wildman–Crippen LogP) is 3.82. The number of carbonyl (C=O) groups excluding carboxylic acids is 2. The zero-order valence-electron chi connectivity index (χ0n) is 17.9. The summed E-state index contributed by atoms with van der Waals surface area (Å²) in [5.74, 6) is 0.820. The van der Waals surface area contributed by atoms with Crippen molar-refractivity contribution < 1.29 is 19.1 Å². The zero-order chi connectivity index (χ0) is 23.0. The summed E-state index contributed by atoms with van der Waals surface area (Å²) in [5, 5.41) is 2.46. The van der Waals surface area contributed by atoms with Gasteiger partial charge in [-0.05, 0) is 83.3 Å². The van der Waals surface area contributed by atoms with Crippen LogP contribution in [0.4, 0.5) is 0 Å². The molecule has 166 valence electrons. The summed E-state index contributed by atoms with van der Waals surface area (Å²) in [5.41, 5.74) is 7.31. The third-order valence-electron chi connectivity index (χ3n) is 4.22. The maximum Gasteiger partial charge on any atom is 0.276 e. The summed E-state index contributed by atoms with van der Waals surface area (Å²) >= 11 is 8.46. The molecule has 0 radical (unpaired) electrons. The number of hydrogen-bond acceptors (Lipinski definition) is 5. The maximum atomic E-state index is 12.4. The second-order valence-corrected chi connectivity index (χ2v) is 8.56. The van der Waals surface area contributed by atoms with Crippen molar-refractivity contribution in [3.05, 3.63) is 57.6 Å². The Balaban J connectivity index is 1.80. The second kappa shape index (κ2) is 11.7. The van der Waals surface area contributed by atoms with Gasteiger partial charge in [-0.15, -0.1) is 0 Å². The molecule has 0 unspecified atom stereocenters. The zero-order valence-corrected chi connectivity index (χ0v) is 20.3. The first-order chi connectivity index (χ1) is 14.7. The van der Waals surface area contributed by atoms with E-state index in [0.29, 0.717) is 34.1 Å². The van der Waals surface area contributed by atoms with Crippen LogP contribution in [0.15, 0.2) is 40.9 Å². The molecule has 0 atom stereocenters. The van der Waals surface area contributed by atoms with Crippen molar-refractivity contribution in [2.45, 2.75) is 27.7 Å². The summed E-state index contributed by atoms with van der Waals surface area (Å²) in [6, 6.07) is 10.6. The van der Waals surface area contributed by atoms with Gasteiger partial charge in [0, 0.05) is 5.56 Å². The normalized spacial score (nSPS) is 10.4. The van der Waals surface area contributed by atoms with E-state index >= 15 is 0 Å². The first kappa shape index (κ1) is 24.6. The van der Waals surface area contributed by atoms with Crippen LogP contribution in [0.25, 0.3) is 0 Å². The molecule has 7 nitrogen and oxygen atoms in total. The molecule has 0 saturated heterocycles. The fourth-order valence-corrected chi connectivity index (χ4v) is 3.05. The van der Waals surface area contributed by atoms with E-state index in [1.54, 1.807) is 24.3 Å². The van der Waals surface area contributed by atoms with E-state index < -0.39 is 11.8 Å². The monoisotopic (exact) mass is 507 g/mol. The molecule has 2 aromatic carbocycles. The third-order valence-corrected chi connectivity index (χ3v) is 5.05. The van der Waals surface area contributed by atoms with Gasteiger partial charge in [0.2, 0.25) is 0 Å². The summed E-state index contributed by atoms with van der Waals surface area (Å²) in [6.07, 6.45) is 0. The summed E-state index contributed by atoms with van der Waals surface area (Å²) in [4.78, 5) is 24.3. The Morgan fingerprint density at radius 3 is 2.48 bits per heavy atom. The Morgan fingerprint density at radius 2 is 1.81 bits per heavy atom. The SMILES string of the molecule is Cc1cccc(OCC(=O)NNC(=S)NC(=O)c2ccc(OCC(C)C)c(Br)c2)c1C. The van der Waals surface area contributed by atoms with Crippen molar-refractivity contribution in [2.75, 3.05) is 13.2 Å². The lowest BCUT2D eigenvalue weighted by Crippen LogP contribution is -2.49. The second-order valence-electron chi connectivity index (χ2n) is 7.29. The van der Waals surface area contributed by atoms with Crippen molar-refractivity contribution >= 4 is 45.1 Å². The van der Waals surface area contributed by atoms with Crippen molar-refractivity contribution in [3.8, 4) is 11.5 Å². The van der Waals surface area contributed by atoms with Crippen molar-refractivity contribution in [1.29, 1.82) is 0 Å². The Hall–Kier alpha value is -2.65. The lowest BCUT2D eigenvalue weighted by molar-refractivity contribution is -0.123. The van der Waals surface area contributed by atoms with Crippen molar-refractivity contribution in [3.63, 3.8) is 0 Å². The fourth-order valence-electron chi connectivity index (χ4n) is 2.41. The molecule has 0 spiro atoms. The van der Waals surface area contributed by atoms with Gasteiger partial charge in [0.25, 0.3) is 11.8 Å². The first-order valence-electron chi connectivity index (χ1n) is 9.69. The molecule has 9 heteroatoms. The van der Waals surface area contributed by atoms with Gasteiger partial charge in [0.05, 0.1) is 11.1 Å². The van der Waals surface area contributed by atoms with E-state index in [0.717, 1.165) is 11.1 Å². The summed E-state index contributed by atoms with van der Waals surface area (Å²) in [7, 11) is 0. The molecule has 0 fully saturated rings. The Kier molecular flexibility index (Phi) is 9.26. The average Bonchev–Trinajstić information content (AvgIpc) is 2.72. The van der Waals surface area contributed by atoms with Crippen LogP contribution in [0.5, 0.6) is 11.5 Å². The van der Waals surface area contributed by atoms with Crippen LogP contribution in [-0.2, 0) is 4.79 Å². The molecule has 0 aromatic heterocycles. The molecule has 0 bridgehead atoms. The highest BCUT2D eigenvalue weighted by molar-refractivity contribution is 9.10. The fraction of sp³-hybridized carbons (Fsp3) is 0.318. The van der Waals surface area contributed by atoms with Crippen LogP contribution in [-0.4, -0.2) is 30.1 Å². The van der Waals surface area contributed by atoms with Crippen molar-refractivity contribution in [2.24, 2.45) is 5.92 Å². The van der Waals surface area contributed by atoms with E-state index in [1.807, 2.05) is 26.0 Å². The minimum Gasteiger partial charge on any atom is -0.492 e. The predicted molar refractivity (Wildman–Crippen MR) is 127 cm³/mol. The van der Waals surface area contributed by atoms with Crippen LogP contribution < -0.4 is 25.6 Å². The average molecular weight is 508 g/mol. The molecule has 3 N–H and O–H groups in total. The molecule has 31 heavy (non-hydrogen) atoms. The highest BCUT2D eigenvalue weighted by Gasteiger charge is 2.12. The summed E-state index contributed by atoms with van der Waals surface area (Å²) < 4.78 is 11.9. The molecule has 0 heterocycles. The molecule has 0 aliphatic carbocycles. The highest BCUT2D eigenvalue weighted by Crippen LogP contribution is 2.26. The molecule has 0 aliphatic rings. The number of thiocarbonyl (C=S) groups is 1. The van der Waals surface area contributed by atoms with Gasteiger partial charge in [0.1, 0.15) is 11.5 Å². The molecular weight excluding hydrogens is 482 g/mol. The van der Waals surface area contributed by atoms with Gasteiger partial charge in [-0.3, -0.25) is 25.8 Å². The number of aryl methyl sites for hydroxylation is 1. The lowest BCUT2D eigenvalue weighted by atomic mass is 10.1. The number of rotatable bonds is 7. The van der Waals surface area contributed by atoms with Gasteiger partial charge >= 0.3 is 0 Å². The van der Waals surface area contributed by atoms with Crippen LogP contribution in [0.3, 0.4) is 0 Å². The largest absolute Gasteiger partial charge is 0.492 e. The Bertz CT molecular complexity index is 966. The Labute approximate surface area is 196 Å². The number of nitrogens with one attached hydrogen (secondary N) is 3. The Morgan fingerprint density at radius 1 is 1.06 bits per heavy atom. The molecular formula is C22H26BrN3O4S. The molecule has 2 aromatic rings. The minimum absolute atomic E-state index is 0.0404. The van der Waals surface area contributed by atoms with Crippen LogP contribution >= 0.6 is 28.1 Å². The molecule has 2 rings (SSSR count). The minimum atomic E-state index is -0.438. The van der Waals surface area contributed by atoms with E-state index in [9.17, 15) is 9.59 Å². The van der Waals surface area contributed by atoms with Crippen LogP contribution in [0.2, 0.25) is 0 Å². The van der Waals surface area contributed by atoms with Gasteiger partial charge in [-0.2, -0.15) is 0 Å². The topological polar surface area (TPSA) is 88.7 Å². The summed E-state index contributed by atoms with van der Waals surface area (Å²) in [6.45, 7) is 8.38. The van der Waals surface area contributed by atoms with Gasteiger partial charge in [-0.25, -0.2) is 0 Å². The van der Waals surface area contributed by atoms with Crippen LogP contribution in [0.1, 0.15) is 35.3 Å². The number of hydrazine groups is 1. The van der Waals surface area contributed by atoms with E-state index in [-0.39, 0.29) is 11.7 Å². The highest BCUT2D eigenvalue weighted by atomic mass is 79.9. The molecule has 2 amide bonds. The smallest absolute Gasteiger partial charge is 0.276 e. The number of hydrogen-bond donors (Lipinski definition) is 3. The van der Waals surface area contributed by atoms with E-state index in [4.69, 9.17) is 21.7 Å². The number of carbonyl (C=O) groups is 2. The number of benzene rings is 2. The van der Waals surface area contributed by atoms with Crippen LogP contribution in [0, 0.1) is 19.8 Å². The number of amides is 2. The third kappa shape index (κ3) is 7.84. The number of halogens is 1. The van der Waals surface area contributed by atoms with Gasteiger partial charge < -0.3 is 9.47 Å². The van der Waals surface area contributed by atoms with E-state index in [2.05, 4.69) is 45.9 Å². The van der Waals surface area contributed by atoms with Crippen molar-refractivity contribution in [1.82, 2.24) is 16.2 Å². The van der Waals surface area contributed by atoms with Gasteiger partial charge in [-0.1, -0.05) is 26.0 Å². The molecule has 0 aliphatic heterocycles. The van der Waals surface area contributed by atoms with E-state index in [1.165, 1.54) is 0 Å².